The summed E-state index contributed by atoms with van der Waals surface area (Å²) in [5.74, 6) is -1.12. The third kappa shape index (κ3) is 5.93. The van der Waals surface area contributed by atoms with Crippen molar-refractivity contribution in [1.29, 1.82) is 0 Å². The lowest BCUT2D eigenvalue weighted by molar-refractivity contribution is -0.136. The molecule has 0 bridgehead atoms. The summed E-state index contributed by atoms with van der Waals surface area (Å²) >= 11 is 0. The second kappa shape index (κ2) is 9.44. The average Bonchev–Trinajstić information content (AvgIpc) is 2.62. The number of aliphatic hydroxyl groups excluding tert-OH is 1. The van der Waals surface area contributed by atoms with Gasteiger partial charge in [-0.25, -0.2) is 0 Å². The molecule has 6 heteroatoms. The fraction of sp³-hybridized carbons (Fsp3) is 0.263. The molecule has 0 fully saturated rings. The molecule has 1 atom stereocenters. The number of carbonyl (C=O) groups is 2. The highest BCUT2D eigenvalue weighted by atomic mass is 16.5. The van der Waals surface area contributed by atoms with E-state index in [1.54, 1.807) is 24.3 Å². The van der Waals surface area contributed by atoms with E-state index in [0.29, 0.717) is 24.5 Å². The molecule has 0 radical (unpaired) electrons. The molecule has 132 valence electrons. The van der Waals surface area contributed by atoms with E-state index in [1.807, 2.05) is 37.3 Å². The summed E-state index contributed by atoms with van der Waals surface area (Å²) in [6, 6.07) is 16.3. The van der Waals surface area contributed by atoms with Gasteiger partial charge in [0.25, 0.3) is 0 Å². The standard InChI is InChI=1S/C19H22N2O4/c1-2-25-17-11-7-6-10-16(17)21-19(24)18(23)20-13-15(22)12-14-8-4-3-5-9-14/h3-11,15,22H,2,12-13H2,1H3,(H,20,23)(H,21,24). The molecule has 2 aromatic rings. The minimum absolute atomic E-state index is 0.00570. The number of benzene rings is 2. The summed E-state index contributed by atoms with van der Waals surface area (Å²) in [6.45, 7) is 2.28. The number of aliphatic hydroxyl groups is 1. The molecule has 2 aromatic carbocycles. The van der Waals surface area contributed by atoms with Crippen LogP contribution in [0.1, 0.15) is 12.5 Å². The van der Waals surface area contributed by atoms with Crippen LogP contribution in [0.5, 0.6) is 5.75 Å². The number of hydrogen-bond acceptors (Lipinski definition) is 4. The molecular weight excluding hydrogens is 320 g/mol. The number of rotatable bonds is 7. The van der Waals surface area contributed by atoms with Crippen LogP contribution in [0.4, 0.5) is 5.69 Å². The quantitative estimate of drug-likeness (QED) is 0.669. The molecule has 0 heterocycles. The van der Waals surface area contributed by atoms with E-state index in [4.69, 9.17) is 4.74 Å². The fourth-order valence-electron chi connectivity index (χ4n) is 2.28. The van der Waals surface area contributed by atoms with Crippen LogP contribution in [0.2, 0.25) is 0 Å². The summed E-state index contributed by atoms with van der Waals surface area (Å²) in [7, 11) is 0. The molecule has 0 aliphatic carbocycles. The molecule has 25 heavy (non-hydrogen) atoms. The minimum Gasteiger partial charge on any atom is -0.492 e. The van der Waals surface area contributed by atoms with Crippen molar-refractivity contribution in [3.8, 4) is 5.75 Å². The van der Waals surface area contributed by atoms with Crippen LogP contribution < -0.4 is 15.4 Å². The maximum Gasteiger partial charge on any atom is 0.313 e. The first-order chi connectivity index (χ1) is 12.1. The Morgan fingerprint density at radius 2 is 1.72 bits per heavy atom. The highest BCUT2D eigenvalue weighted by Gasteiger charge is 2.17. The lowest BCUT2D eigenvalue weighted by Crippen LogP contribution is -2.40. The summed E-state index contributed by atoms with van der Waals surface area (Å²) in [6.07, 6.45) is -0.370. The molecule has 0 saturated heterocycles. The van der Waals surface area contributed by atoms with Crippen molar-refractivity contribution >= 4 is 17.5 Å². The SMILES string of the molecule is CCOc1ccccc1NC(=O)C(=O)NCC(O)Cc1ccccc1. The van der Waals surface area contributed by atoms with Crippen molar-refractivity contribution in [2.24, 2.45) is 0 Å². The summed E-state index contributed by atoms with van der Waals surface area (Å²) in [5.41, 5.74) is 1.38. The highest BCUT2D eigenvalue weighted by Crippen LogP contribution is 2.23. The molecule has 0 saturated carbocycles. The Balaban J connectivity index is 1.83. The smallest absolute Gasteiger partial charge is 0.313 e. The van der Waals surface area contributed by atoms with Crippen molar-refractivity contribution < 1.29 is 19.4 Å². The summed E-state index contributed by atoms with van der Waals surface area (Å²) < 4.78 is 5.40. The minimum atomic E-state index is -0.807. The monoisotopic (exact) mass is 342 g/mol. The van der Waals surface area contributed by atoms with Crippen molar-refractivity contribution in [2.45, 2.75) is 19.4 Å². The van der Waals surface area contributed by atoms with Crippen molar-refractivity contribution in [1.82, 2.24) is 5.32 Å². The van der Waals surface area contributed by atoms with Gasteiger partial charge in [-0.3, -0.25) is 9.59 Å². The van der Waals surface area contributed by atoms with Crippen LogP contribution >= 0.6 is 0 Å². The summed E-state index contributed by atoms with van der Waals surface area (Å²) in [4.78, 5) is 23.9. The molecule has 0 spiro atoms. The molecule has 0 aliphatic rings. The number of carbonyl (C=O) groups excluding carboxylic acids is 2. The normalized spacial score (nSPS) is 11.4. The lowest BCUT2D eigenvalue weighted by Gasteiger charge is -2.13. The molecule has 2 amide bonds. The van der Waals surface area contributed by atoms with Gasteiger partial charge in [0.15, 0.2) is 0 Å². The van der Waals surface area contributed by atoms with E-state index in [-0.39, 0.29) is 6.54 Å². The van der Waals surface area contributed by atoms with Crippen LogP contribution in [0, 0.1) is 0 Å². The van der Waals surface area contributed by atoms with Gasteiger partial charge in [0.1, 0.15) is 5.75 Å². The van der Waals surface area contributed by atoms with Gasteiger partial charge >= 0.3 is 11.8 Å². The van der Waals surface area contributed by atoms with Crippen LogP contribution in [0.25, 0.3) is 0 Å². The first kappa shape index (κ1) is 18.5. The molecular formula is C19H22N2O4. The van der Waals surface area contributed by atoms with Gasteiger partial charge in [-0.2, -0.15) is 0 Å². The van der Waals surface area contributed by atoms with Gasteiger partial charge in [-0.1, -0.05) is 42.5 Å². The Kier molecular flexibility index (Phi) is 6.98. The Labute approximate surface area is 146 Å². The molecule has 0 aromatic heterocycles. The van der Waals surface area contributed by atoms with Gasteiger partial charge in [0.05, 0.1) is 18.4 Å². The molecule has 1 unspecified atom stereocenters. The Bertz CT molecular complexity index is 704. The van der Waals surface area contributed by atoms with E-state index in [1.165, 1.54) is 0 Å². The Hall–Kier alpha value is -2.86. The largest absolute Gasteiger partial charge is 0.492 e. The second-order valence-corrected chi connectivity index (χ2v) is 5.44. The Morgan fingerprint density at radius 1 is 1.04 bits per heavy atom. The zero-order valence-corrected chi connectivity index (χ0v) is 14.1. The van der Waals surface area contributed by atoms with Crippen molar-refractivity contribution in [2.75, 3.05) is 18.5 Å². The number of anilines is 1. The van der Waals surface area contributed by atoms with E-state index < -0.39 is 17.9 Å². The zero-order chi connectivity index (χ0) is 18.1. The highest BCUT2D eigenvalue weighted by molar-refractivity contribution is 6.39. The fourth-order valence-corrected chi connectivity index (χ4v) is 2.28. The third-order valence-electron chi connectivity index (χ3n) is 3.45. The van der Waals surface area contributed by atoms with E-state index >= 15 is 0 Å². The van der Waals surface area contributed by atoms with Crippen molar-refractivity contribution in [3.05, 3.63) is 60.2 Å². The van der Waals surface area contributed by atoms with Gasteiger partial charge in [0, 0.05) is 13.0 Å². The zero-order valence-electron chi connectivity index (χ0n) is 14.1. The van der Waals surface area contributed by atoms with Crippen LogP contribution in [-0.4, -0.2) is 36.2 Å². The lowest BCUT2D eigenvalue weighted by atomic mass is 10.1. The van der Waals surface area contributed by atoms with Crippen LogP contribution in [-0.2, 0) is 16.0 Å². The third-order valence-corrected chi connectivity index (χ3v) is 3.45. The predicted octanol–water partition coefficient (Wildman–Crippen LogP) is 1.74. The van der Waals surface area contributed by atoms with Gasteiger partial charge in [-0.15, -0.1) is 0 Å². The van der Waals surface area contributed by atoms with Gasteiger partial charge in [-0.05, 0) is 24.6 Å². The maximum absolute atomic E-state index is 12.0. The number of para-hydroxylation sites is 2. The number of amides is 2. The van der Waals surface area contributed by atoms with E-state index in [0.717, 1.165) is 5.56 Å². The number of ether oxygens (including phenoxy) is 1. The molecule has 3 N–H and O–H groups in total. The van der Waals surface area contributed by atoms with Crippen LogP contribution in [0.3, 0.4) is 0 Å². The van der Waals surface area contributed by atoms with Crippen LogP contribution in [0.15, 0.2) is 54.6 Å². The van der Waals surface area contributed by atoms with E-state index in [2.05, 4.69) is 10.6 Å². The molecule has 2 rings (SSSR count). The maximum atomic E-state index is 12.0. The van der Waals surface area contributed by atoms with Crippen molar-refractivity contribution in [3.63, 3.8) is 0 Å². The molecule has 0 aliphatic heterocycles. The van der Waals surface area contributed by atoms with Gasteiger partial charge in [0.2, 0.25) is 0 Å². The predicted molar refractivity (Wildman–Crippen MR) is 95.4 cm³/mol. The number of nitrogens with one attached hydrogen (secondary N) is 2. The second-order valence-electron chi connectivity index (χ2n) is 5.44. The topological polar surface area (TPSA) is 87.7 Å². The Morgan fingerprint density at radius 3 is 2.44 bits per heavy atom. The first-order valence-electron chi connectivity index (χ1n) is 8.13. The first-order valence-corrected chi connectivity index (χ1v) is 8.13. The number of hydrogen-bond donors (Lipinski definition) is 3. The van der Waals surface area contributed by atoms with E-state index in [9.17, 15) is 14.7 Å². The van der Waals surface area contributed by atoms with Gasteiger partial charge < -0.3 is 20.5 Å². The summed E-state index contributed by atoms with van der Waals surface area (Å²) in [5, 5.41) is 14.9. The molecule has 6 nitrogen and oxygen atoms in total. The average molecular weight is 342 g/mol.